The number of halogens is 1. The molecule has 0 radical (unpaired) electrons. The molecule has 1 atom stereocenters. The van der Waals surface area contributed by atoms with E-state index in [4.69, 9.17) is 11.6 Å². The van der Waals surface area contributed by atoms with Gasteiger partial charge in [-0.25, -0.2) is 0 Å². The van der Waals surface area contributed by atoms with Crippen molar-refractivity contribution < 1.29 is 4.79 Å². The van der Waals surface area contributed by atoms with Crippen molar-refractivity contribution in [2.75, 3.05) is 0 Å². The molecule has 0 aliphatic rings. The summed E-state index contributed by atoms with van der Waals surface area (Å²) >= 11 is 5.94. The van der Waals surface area contributed by atoms with Crippen molar-refractivity contribution in [1.82, 2.24) is 0 Å². The van der Waals surface area contributed by atoms with Crippen LogP contribution in [0.25, 0.3) is 11.1 Å². The molecule has 3 aromatic carbocycles. The Hall–Kier alpha value is -2.38. The molecular formula is C22H19ClO. The van der Waals surface area contributed by atoms with Gasteiger partial charge in [-0.15, -0.1) is 0 Å². The first-order valence-electron chi connectivity index (χ1n) is 8.04. The van der Waals surface area contributed by atoms with Crippen LogP contribution >= 0.6 is 11.6 Å². The van der Waals surface area contributed by atoms with Crippen molar-refractivity contribution in [3.8, 4) is 11.1 Å². The SMILES string of the molecule is CC(=O)C(Cc1ccc(Cl)cc1)c1ccc(-c2ccccc2)cc1. The van der Waals surface area contributed by atoms with Gasteiger partial charge in [-0.2, -0.15) is 0 Å². The number of Topliss-reactive ketones (excluding diaryl/α,β-unsaturated/α-hetero) is 1. The van der Waals surface area contributed by atoms with Crippen LogP contribution in [0.3, 0.4) is 0 Å². The fraction of sp³-hybridized carbons (Fsp3) is 0.136. The minimum Gasteiger partial charge on any atom is -0.299 e. The molecule has 0 N–H and O–H groups in total. The Morgan fingerprint density at radius 2 is 1.42 bits per heavy atom. The smallest absolute Gasteiger partial charge is 0.137 e. The number of hydrogen-bond donors (Lipinski definition) is 0. The van der Waals surface area contributed by atoms with E-state index in [1.807, 2.05) is 42.5 Å². The first-order valence-corrected chi connectivity index (χ1v) is 8.41. The molecule has 3 aromatic rings. The zero-order valence-corrected chi connectivity index (χ0v) is 14.3. The third-order valence-corrected chi connectivity index (χ3v) is 4.52. The van der Waals surface area contributed by atoms with Crippen molar-refractivity contribution in [3.05, 3.63) is 95.0 Å². The molecule has 120 valence electrons. The van der Waals surface area contributed by atoms with Gasteiger partial charge in [0.15, 0.2) is 0 Å². The van der Waals surface area contributed by atoms with Gasteiger partial charge in [0.1, 0.15) is 5.78 Å². The molecule has 0 aliphatic heterocycles. The Bertz CT molecular complexity index is 805. The zero-order chi connectivity index (χ0) is 16.9. The minimum atomic E-state index is -0.129. The molecule has 0 heterocycles. The average Bonchev–Trinajstić information content (AvgIpc) is 2.62. The predicted octanol–water partition coefficient (Wildman–Crippen LogP) is 5.92. The maximum absolute atomic E-state index is 12.1. The topological polar surface area (TPSA) is 17.1 Å². The van der Waals surface area contributed by atoms with Crippen LogP contribution in [0.5, 0.6) is 0 Å². The molecule has 0 aromatic heterocycles. The van der Waals surface area contributed by atoms with Crippen LogP contribution in [-0.4, -0.2) is 5.78 Å². The molecule has 0 aliphatic carbocycles. The van der Waals surface area contributed by atoms with Crippen LogP contribution in [0, 0.1) is 0 Å². The number of benzene rings is 3. The van der Waals surface area contributed by atoms with Crippen LogP contribution < -0.4 is 0 Å². The quantitative estimate of drug-likeness (QED) is 0.565. The number of rotatable bonds is 5. The van der Waals surface area contributed by atoms with E-state index in [1.54, 1.807) is 6.92 Å². The highest BCUT2D eigenvalue weighted by Gasteiger charge is 2.17. The van der Waals surface area contributed by atoms with E-state index in [2.05, 4.69) is 36.4 Å². The van der Waals surface area contributed by atoms with E-state index < -0.39 is 0 Å². The van der Waals surface area contributed by atoms with E-state index in [9.17, 15) is 4.79 Å². The third kappa shape index (κ3) is 3.93. The van der Waals surface area contributed by atoms with Gasteiger partial charge < -0.3 is 0 Å². The van der Waals surface area contributed by atoms with Crippen molar-refractivity contribution >= 4 is 17.4 Å². The van der Waals surface area contributed by atoms with Crippen LogP contribution in [0.2, 0.25) is 5.02 Å². The highest BCUT2D eigenvalue weighted by molar-refractivity contribution is 6.30. The van der Waals surface area contributed by atoms with E-state index in [1.165, 1.54) is 5.56 Å². The molecule has 1 unspecified atom stereocenters. The van der Waals surface area contributed by atoms with Crippen LogP contribution in [0.1, 0.15) is 24.0 Å². The second-order valence-electron chi connectivity index (χ2n) is 5.98. The Kier molecular flexibility index (Phi) is 5.12. The van der Waals surface area contributed by atoms with Gasteiger partial charge in [0.25, 0.3) is 0 Å². The van der Waals surface area contributed by atoms with Gasteiger partial charge in [-0.3, -0.25) is 4.79 Å². The maximum Gasteiger partial charge on any atom is 0.137 e. The summed E-state index contributed by atoms with van der Waals surface area (Å²) in [4.78, 5) is 12.1. The van der Waals surface area contributed by atoms with Gasteiger partial charge in [0.2, 0.25) is 0 Å². The van der Waals surface area contributed by atoms with Gasteiger partial charge in [-0.1, -0.05) is 78.3 Å². The van der Waals surface area contributed by atoms with Crippen LogP contribution in [0.15, 0.2) is 78.9 Å². The second-order valence-corrected chi connectivity index (χ2v) is 6.42. The summed E-state index contributed by atoms with van der Waals surface area (Å²) in [6.45, 7) is 1.66. The summed E-state index contributed by atoms with van der Waals surface area (Å²) in [6, 6.07) is 26.2. The summed E-state index contributed by atoms with van der Waals surface area (Å²) in [7, 11) is 0. The van der Waals surface area contributed by atoms with E-state index >= 15 is 0 Å². The number of carbonyl (C=O) groups is 1. The average molecular weight is 335 g/mol. The summed E-state index contributed by atoms with van der Waals surface area (Å²) in [5.74, 6) is 0.0495. The molecule has 2 heteroatoms. The van der Waals surface area contributed by atoms with Crippen molar-refractivity contribution in [2.45, 2.75) is 19.3 Å². The zero-order valence-electron chi connectivity index (χ0n) is 13.6. The molecule has 0 saturated heterocycles. The van der Waals surface area contributed by atoms with Crippen LogP contribution in [0.4, 0.5) is 0 Å². The van der Waals surface area contributed by atoms with Crippen molar-refractivity contribution in [1.29, 1.82) is 0 Å². The molecule has 0 amide bonds. The highest BCUT2D eigenvalue weighted by Crippen LogP contribution is 2.26. The molecule has 0 fully saturated rings. The Labute approximate surface area is 147 Å². The van der Waals surface area contributed by atoms with Gasteiger partial charge in [0, 0.05) is 10.9 Å². The lowest BCUT2D eigenvalue weighted by Crippen LogP contribution is -2.12. The first kappa shape index (κ1) is 16.5. The van der Waals surface area contributed by atoms with E-state index in [-0.39, 0.29) is 11.7 Å². The monoisotopic (exact) mass is 334 g/mol. The van der Waals surface area contributed by atoms with E-state index in [0.717, 1.165) is 16.7 Å². The third-order valence-electron chi connectivity index (χ3n) is 4.26. The molecule has 1 nitrogen and oxygen atoms in total. The molecule has 24 heavy (non-hydrogen) atoms. The minimum absolute atomic E-state index is 0.129. The Morgan fingerprint density at radius 1 is 0.833 bits per heavy atom. The lowest BCUT2D eigenvalue weighted by Gasteiger charge is -2.15. The summed E-state index contributed by atoms with van der Waals surface area (Å²) in [5, 5.41) is 0.713. The number of ketones is 1. The summed E-state index contributed by atoms with van der Waals surface area (Å²) in [5.41, 5.74) is 4.51. The fourth-order valence-electron chi connectivity index (χ4n) is 2.89. The molecule has 3 rings (SSSR count). The molecular weight excluding hydrogens is 316 g/mol. The van der Waals surface area contributed by atoms with Gasteiger partial charge in [0.05, 0.1) is 0 Å². The van der Waals surface area contributed by atoms with Crippen molar-refractivity contribution in [2.24, 2.45) is 0 Å². The highest BCUT2D eigenvalue weighted by atomic mass is 35.5. The standard InChI is InChI=1S/C22H19ClO/c1-16(24)22(15-17-7-13-21(23)14-8-17)20-11-9-19(10-12-20)18-5-3-2-4-6-18/h2-14,22H,15H2,1H3. The normalized spacial score (nSPS) is 11.9. The Morgan fingerprint density at radius 3 is 2.00 bits per heavy atom. The number of hydrogen-bond acceptors (Lipinski definition) is 1. The molecule has 0 bridgehead atoms. The van der Waals surface area contributed by atoms with Crippen LogP contribution in [-0.2, 0) is 11.2 Å². The molecule has 0 spiro atoms. The largest absolute Gasteiger partial charge is 0.299 e. The van der Waals surface area contributed by atoms with E-state index in [0.29, 0.717) is 11.4 Å². The predicted molar refractivity (Wildman–Crippen MR) is 100 cm³/mol. The second kappa shape index (κ2) is 7.46. The van der Waals surface area contributed by atoms with Gasteiger partial charge >= 0.3 is 0 Å². The lowest BCUT2D eigenvalue weighted by atomic mass is 9.88. The number of carbonyl (C=O) groups excluding carboxylic acids is 1. The fourth-order valence-corrected chi connectivity index (χ4v) is 3.02. The summed E-state index contributed by atoms with van der Waals surface area (Å²) in [6.07, 6.45) is 0.692. The first-order chi connectivity index (χ1) is 11.6. The van der Waals surface area contributed by atoms with Gasteiger partial charge in [-0.05, 0) is 47.7 Å². The lowest BCUT2D eigenvalue weighted by molar-refractivity contribution is -0.118. The van der Waals surface area contributed by atoms with Crippen molar-refractivity contribution in [3.63, 3.8) is 0 Å². The Balaban J connectivity index is 1.84. The maximum atomic E-state index is 12.1. The summed E-state index contributed by atoms with van der Waals surface area (Å²) < 4.78 is 0. The molecule has 0 saturated carbocycles.